The first-order chi connectivity index (χ1) is 8.16. The highest BCUT2D eigenvalue weighted by Crippen LogP contribution is 2.23. The molecule has 0 fully saturated rings. The summed E-state index contributed by atoms with van der Waals surface area (Å²) < 4.78 is 9.97. The molecule has 1 aromatic rings. The molecule has 0 radical (unpaired) electrons. The van der Waals surface area contributed by atoms with Crippen LogP contribution >= 0.6 is 11.6 Å². The molecule has 1 rings (SSSR count). The number of anilines is 1. The maximum atomic E-state index is 11.7. The lowest BCUT2D eigenvalue weighted by Gasteiger charge is -2.07. The summed E-state index contributed by atoms with van der Waals surface area (Å²) in [5.41, 5.74) is 6.28. The molecule has 0 aliphatic rings. The molecule has 17 heavy (non-hydrogen) atoms. The predicted molar refractivity (Wildman–Crippen MR) is 67.3 cm³/mol. The zero-order valence-corrected chi connectivity index (χ0v) is 10.5. The lowest BCUT2D eigenvalue weighted by Crippen LogP contribution is -2.08. The second-order valence-corrected chi connectivity index (χ2v) is 3.92. The van der Waals surface area contributed by atoms with Crippen LogP contribution < -0.4 is 5.73 Å². The van der Waals surface area contributed by atoms with Crippen molar-refractivity contribution in [2.45, 2.75) is 12.8 Å². The van der Waals surface area contributed by atoms with Crippen LogP contribution in [0.5, 0.6) is 0 Å². The van der Waals surface area contributed by atoms with E-state index in [2.05, 4.69) is 0 Å². The number of rotatable bonds is 6. The van der Waals surface area contributed by atoms with Gasteiger partial charge in [-0.05, 0) is 25.0 Å². The molecule has 0 heterocycles. The van der Waals surface area contributed by atoms with E-state index in [1.165, 1.54) is 0 Å². The Labute approximate surface area is 106 Å². The number of esters is 1. The number of halogens is 1. The van der Waals surface area contributed by atoms with Crippen molar-refractivity contribution in [1.82, 2.24) is 0 Å². The molecule has 94 valence electrons. The molecule has 0 saturated heterocycles. The molecular weight excluding hydrogens is 242 g/mol. The highest BCUT2D eigenvalue weighted by molar-refractivity contribution is 6.36. The molecule has 0 atom stereocenters. The quantitative estimate of drug-likeness (QED) is 0.483. The van der Waals surface area contributed by atoms with E-state index in [-0.39, 0.29) is 5.02 Å². The Hall–Kier alpha value is -1.26. The van der Waals surface area contributed by atoms with Crippen LogP contribution in [0.25, 0.3) is 0 Å². The van der Waals surface area contributed by atoms with E-state index < -0.39 is 5.97 Å². The number of unbranched alkanes of at least 4 members (excludes halogenated alkanes) is 1. The number of nitrogen functional groups attached to an aromatic ring is 1. The second-order valence-electron chi connectivity index (χ2n) is 3.54. The van der Waals surface area contributed by atoms with Gasteiger partial charge in [0.1, 0.15) is 0 Å². The minimum absolute atomic E-state index is 0.245. The smallest absolute Gasteiger partial charge is 0.339 e. The molecular formula is C12H16ClNO3. The minimum atomic E-state index is -0.445. The van der Waals surface area contributed by atoms with Gasteiger partial charge in [0.2, 0.25) is 0 Å². The fourth-order valence-electron chi connectivity index (χ4n) is 1.30. The Kier molecular flexibility index (Phi) is 5.80. The number of hydrogen-bond donors (Lipinski definition) is 1. The van der Waals surface area contributed by atoms with Crippen LogP contribution in [-0.4, -0.2) is 26.3 Å². The molecule has 4 nitrogen and oxygen atoms in total. The van der Waals surface area contributed by atoms with Gasteiger partial charge in [-0.2, -0.15) is 0 Å². The van der Waals surface area contributed by atoms with Crippen LogP contribution in [0, 0.1) is 0 Å². The summed E-state index contributed by atoms with van der Waals surface area (Å²) in [6, 6.07) is 4.90. The lowest BCUT2D eigenvalue weighted by molar-refractivity contribution is 0.0489. The first-order valence-electron chi connectivity index (χ1n) is 5.37. The number of benzene rings is 1. The monoisotopic (exact) mass is 257 g/mol. The van der Waals surface area contributed by atoms with Crippen molar-refractivity contribution in [2.75, 3.05) is 26.1 Å². The van der Waals surface area contributed by atoms with E-state index in [1.54, 1.807) is 25.3 Å². The van der Waals surface area contributed by atoms with E-state index in [0.717, 1.165) is 12.8 Å². The molecule has 0 amide bonds. The number of ether oxygens (including phenoxy) is 2. The van der Waals surface area contributed by atoms with E-state index in [4.69, 9.17) is 26.8 Å². The molecule has 0 aliphatic carbocycles. The van der Waals surface area contributed by atoms with Crippen LogP contribution in [0.2, 0.25) is 5.02 Å². The maximum absolute atomic E-state index is 11.7. The van der Waals surface area contributed by atoms with Crippen molar-refractivity contribution in [3.63, 3.8) is 0 Å². The van der Waals surface area contributed by atoms with Gasteiger partial charge < -0.3 is 15.2 Å². The molecule has 0 unspecified atom stereocenters. The number of carbonyl (C=O) groups excluding carboxylic acids is 1. The fourth-order valence-corrected chi connectivity index (χ4v) is 1.50. The van der Waals surface area contributed by atoms with Crippen LogP contribution in [0.4, 0.5) is 5.69 Å². The molecule has 0 aromatic heterocycles. The summed E-state index contributed by atoms with van der Waals surface area (Å²) in [5.74, 6) is -0.445. The molecule has 1 aromatic carbocycles. The normalized spacial score (nSPS) is 10.2. The van der Waals surface area contributed by atoms with Crippen molar-refractivity contribution in [3.8, 4) is 0 Å². The summed E-state index contributed by atoms with van der Waals surface area (Å²) >= 11 is 5.90. The summed E-state index contributed by atoms with van der Waals surface area (Å²) in [7, 11) is 1.64. The van der Waals surface area contributed by atoms with Crippen LogP contribution in [0.15, 0.2) is 18.2 Å². The highest BCUT2D eigenvalue weighted by Gasteiger charge is 2.12. The summed E-state index contributed by atoms with van der Waals surface area (Å²) in [5, 5.41) is 0.245. The third-order valence-corrected chi connectivity index (χ3v) is 2.65. The average Bonchev–Trinajstić information content (AvgIpc) is 2.32. The van der Waals surface area contributed by atoms with Crippen LogP contribution in [-0.2, 0) is 9.47 Å². The summed E-state index contributed by atoms with van der Waals surface area (Å²) in [6.45, 7) is 1.02. The Morgan fingerprint density at radius 3 is 2.76 bits per heavy atom. The van der Waals surface area contributed by atoms with Crippen LogP contribution in [0.1, 0.15) is 23.2 Å². The Morgan fingerprint density at radius 1 is 1.35 bits per heavy atom. The molecule has 0 aliphatic heterocycles. The predicted octanol–water partition coefficient (Wildman–Crippen LogP) is 2.51. The van der Waals surface area contributed by atoms with Crippen molar-refractivity contribution in [3.05, 3.63) is 28.8 Å². The second kappa shape index (κ2) is 7.14. The third kappa shape index (κ3) is 4.24. The summed E-state index contributed by atoms with van der Waals surface area (Å²) in [4.78, 5) is 11.7. The average molecular weight is 258 g/mol. The van der Waals surface area contributed by atoms with E-state index in [0.29, 0.717) is 24.5 Å². The third-order valence-electron chi connectivity index (χ3n) is 2.22. The van der Waals surface area contributed by atoms with Gasteiger partial charge in [-0.3, -0.25) is 0 Å². The largest absolute Gasteiger partial charge is 0.462 e. The Bertz CT molecular complexity index is 382. The lowest BCUT2D eigenvalue weighted by atomic mass is 10.2. The number of hydrogen-bond acceptors (Lipinski definition) is 4. The zero-order chi connectivity index (χ0) is 12.7. The SMILES string of the molecule is COCCCCOC(=O)c1cccc(N)c1Cl. The van der Waals surface area contributed by atoms with Crippen molar-refractivity contribution < 1.29 is 14.3 Å². The van der Waals surface area contributed by atoms with Crippen molar-refractivity contribution >= 4 is 23.3 Å². The van der Waals surface area contributed by atoms with Crippen molar-refractivity contribution in [2.24, 2.45) is 0 Å². The maximum Gasteiger partial charge on any atom is 0.339 e. The highest BCUT2D eigenvalue weighted by atomic mass is 35.5. The standard InChI is InChI=1S/C12H16ClNO3/c1-16-7-2-3-8-17-12(15)9-5-4-6-10(14)11(9)13/h4-6H,2-3,7-8,14H2,1H3. The first kappa shape index (κ1) is 13.8. The topological polar surface area (TPSA) is 61.5 Å². The molecule has 5 heteroatoms. The minimum Gasteiger partial charge on any atom is -0.462 e. The molecule has 0 saturated carbocycles. The number of nitrogens with two attached hydrogens (primary N) is 1. The molecule has 0 spiro atoms. The van der Waals surface area contributed by atoms with E-state index in [9.17, 15) is 4.79 Å². The fraction of sp³-hybridized carbons (Fsp3) is 0.417. The van der Waals surface area contributed by atoms with Gasteiger partial charge in [0.05, 0.1) is 22.9 Å². The number of carbonyl (C=O) groups is 1. The van der Waals surface area contributed by atoms with Gasteiger partial charge in [-0.25, -0.2) is 4.79 Å². The van der Waals surface area contributed by atoms with Gasteiger partial charge in [0, 0.05) is 13.7 Å². The van der Waals surface area contributed by atoms with E-state index >= 15 is 0 Å². The van der Waals surface area contributed by atoms with Gasteiger partial charge in [-0.15, -0.1) is 0 Å². The Morgan fingerprint density at radius 2 is 2.06 bits per heavy atom. The number of methoxy groups -OCH3 is 1. The van der Waals surface area contributed by atoms with Crippen LogP contribution in [0.3, 0.4) is 0 Å². The van der Waals surface area contributed by atoms with Gasteiger partial charge in [0.25, 0.3) is 0 Å². The van der Waals surface area contributed by atoms with Gasteiger partial charge in [0.15, 0.2) is 0 Å². The first-order valence-corrected chi connectivity index (χ1v) is 5.74. The van der Waals surface area contributed by atoms with Gasteiger partial charge in [-0.1, -0.05) is 17.7 Å². The molecule has 0 bridgehead atoms. The van der Waals surface area contributed by atoms with E-state index in [1.807, 2.05) is 0 Å². The summed E-state index contributed by atoms with van der Waals surface area (Å²) in [6.07, 6.45) is 1.62. The molecule has 2 N–H and O–H groups in total. The van der Waals surface area contributed by atoms with Gasteiger partial charge >= 0.3 is 5.97 Å². The van der Waals surface area contributed by atoms with Crippen molar-refractivity contribution in [1.29, 1.82) is 0 Å². The zero-order valence-electron chi connectivity index (χ0n) is 9.74. The Balaban J connectivity index is 2.44.